The molecule has 0 spiro atoms. The second-order valence-electron chi connectivity index (χ2n) is 37.4. The van der Waals surface area contributed by atoms with Crippen molar-refractivity contribution >= 4 is 124 Å². The van der Waals surface area contributed by atoms with Crippen molar-refractivity contribution in [2.45, 2.75) is 437 Å². The number of ether oxygens (including phenoxy) is 2. The van der Waals surface area contributed by atoms with Crippen molar-refractivity contribution < 1.29 is 111 Å². The van der Waals surface area contributed by atoms with Gasteiger partial charge in [-0.05, 0) is 108 Å². The van der Waals surface area contributed by atoms with Crippen molar-refractivity contribution in [3.63, 3.8) is 0 Å². The van der Waals surface area contributed by atoms with Gasteiger partial charge < -0.3 is 123 Å². The quantitative estimate of drug-likeness (QED) is 0.0129. The molecule has 0 aliphatic carbocycles. The van der Waals surface area contributed by atoms with Crippen LogP contribution in [0.2, 0.25) is 0 Å². The zero-order valence-corrected chi connectivity index (χ0v) is 85.8. The number of guanidine groups is 1. The first-order valence-corrected chi connectivity index (χ1v) is 51.7. The van der Waals surface area contributed by atoms with Gasteiger partial charge in [-0.25, -0.2) is 4.79 Å². The Labute approximate surface area is 827 Å². The molecule has 43 heteroatoms. The Hall–Kier alpha value is -10.0. The number of hydrogen-bond donors (Lipinski definition) is 21. The summed E-state index contributed by atoms with van der Waals surface area (Å²) in [5.41, 5.74) is 33.3. The third kappa shape index (κ3) is 62.0. The summed E-state index contributed by atoms with van der Waals surface area (Å²) in [5, 5.41) is 60.0. The van der Waals surface area contributed by atoms with Crippen LogP contribution >= 0.6 is 11.8 Å². The summed E-state index contributed by atoms with van der Waals surface area (Å²) in [6.45, 7) is 19.3. The van der Waals surface area contributed by atoms with Gasteiger partial charge in [0, 0.05) is 38.0 Å². The van der Waals surface area contributed by atoms with Gasteiger partial charge in [0.2, 0.25) is 82.7 Å². The molecular weight excluding hydrogens is 1820 g/mol. The molecule has 0 aliphatic rings. The van der Waals surface area contributed by atoms with Crippen LogP contribution in [-0.2, 0) is 95.8 Å². The summed E-state index contributed by atoms with van der Waals surface area (Å²) in [7, 11) is 0. The summed E-state index contributed by atoms with van der Waals surface area (Å²) in [6.07, 6.45) is 26.3. The first-order valence-electron chi connectivity index (χ1n) is 50.6. The molecule has 42 nitrogen and oxygen atoms in total. The van der Waals surface area contributed by atoms with Crippen LogP contribution in [0.5, 0.6) is 0 Å². The van der Waals surface area contributed by atoms with E-state index in [2.05, 4.69) is 82.6 Å². The van der Waals surface area contributed by atoms with Gasteiger partial charge in [0.25, 0.3) is 0 Å². The zero-order valence-electron chi connectivity index (χ0n) is 85.0. The number of nitrogens with zero attached hydrogens (tertiary/aromatic N) is 1. The van der Waals surface area contributed by atoms with Crippen molar-refractivity contribution in [1.82, 2.24) is 63.8 Å². The predicted octanol–water partition coefficient (Wildman–Crippen LogP) is 4.73. The summed E-state index contributed by atoms with van der Waals surface area (Å²) >= 11 is 1.03. The molecule has 0 bridgehead atoms. The number of primary amides is 2. The number of aliphatic imine (C=N–C) groups is 1. The van der Waals surface area contributed by atoms with Gasteiger partial charge in [0.15, 0.2) is 11.4 Å². The van der Waals surface area contributed by atoms with Crippen molar-refractivity contribution in [1.29, 1.82) is 0 Å². The lowest BCUT2D eigenvalue weighted by Crippen LogP contribution is -2.61. The molecule has 0 aromatic heterocycles. The molecule has 0 aliphatic heterocycles. The summed E-state index contributed by atoms with van der Waals surface area (Å²) < 4.78 is 11.4. The summed E-state index contributed by atoms with van der Waals surface area (Å²) in [4.78, 5) is 249. The third-order valence-electron chi connectivity index (χ3n) is 23.7. The van der Waals surface area contributed by atoms with Crippen LogP contribution < -0.4 is 98.2 Å². The number of carbonyl (C=O) groups is 18. The molecule has 0 radical (unpaired) electrons. The first-order chi connectivity index (χ1) is 65.9. The minimum absolute atomic E-state index is 0.0424. The van der Waals surface area contributed by atoms with Gasteiger partial charge in [-0.1, -0.05) is 236 Å². The molecule has 0 fully saturated rings. The van der Waals surface area contributed by atoms with E-state index in [1.165, 1.54) is 116 Å². The maximum Gasteiger partial charge on any atom is 0.326 e. The number of esters is 2. The number of carbonyl (C=O) groups excluding carboxylic acids is 16. The highest BCUT2D eigenvalue weighted by atomic mass is 32.2. The number of carboxylic acid groups (broad SMARTS) is 2. The molecule has 0 saturated carbocycles. The van der Waals surface area contributed by atoms with Crippen LogP contribution in [0.1, 0.15) is 353 Å². The maximum absolute atomic E-state index is 14.5. The largest absolute Gasteiger partial charge is 0.481 e. The fourth-order valence-corrected chi connectivity index (χ4v) is 16.0. The number of nitrogens with one attached hydrogen (secondary N) is 12. The number of aliphatic hydroxyl groups is 1. The van der Waals surface area contributed by atoms with Crippen molar-refractivity contribution in [2.75, 3.05) is 32.0 Å². The van der Waals surface area contributed by atoms with E-state index in [-0.39, 0.29) is 101 Å². The minimum atomic E-state index is -2.01. The molecule has 0 aromatic carbocycles. The zero-order chi connectivity index (χ0) is 105. The van der Waals surface area contributed by atoms with Gasteiger partial charge in [0.05, 0.1) is 38.1 Å². The lowest BCUT2D eigenvalue weighted by Gasteiger charge is -2.29. The number of thioether (sulfide) groups is 1. The highest BCUT2D eigenvalue weighted by Gasteiger charge is 2.39. The average Bonchev–Trinajstić information content (AvgIpc) is 0.855. The van der Waals surface area contributed by atoms with E-state index in [1.54, 1.807) is 55.4 Å². The number of aliphatic hydroxyl groups excluding tert-OH is 1. The van der Waals surface area contributed by atoms with Crippen LogP contribution in [0.4, 0.5) is 0 Å². The van der Waals surface area contributed by atoms with E-state index in [4.69, 9.17) is 43.9 Å². The molecule has 0 saturated heterocycles. The number of nitrogens with two attached hydrogens (primary N) is 6. The van der Waals surface area contributed by atoms with Gasteiger partial charge in [0.1, 0.15) is 66.5 Å². The Morgan fingerprint density at radius 2 is 0.770 bits per heavy atom. The topological polar surface area (TPSA) is 699 Å². The molecule has 1 unspecified atom stereocenters. The Morgan fingerprint density at radius 1 is 0.374 bits per heavy atom. The smallest absolute Gasteiger partial charge is 0.326 e. The molecule has 14 amide bonds. The molecule has 27 N–H and O–H groups in total. The van der Waals surface area contributed by atoms with Crippen LogP contribution in [0.15, 0.2) is 4.99 Å². The second-order valence-corrected chi connectivity index (χ2v) is 38.6. The Bertz CT molecular complexity index is 3730. The minimum Gasteiger partial charge on any atom is -0.481 e. The van der Waals surface area contributed by atoms with Crippen LogP contribution in [-0.4, -0.2) is 244 Å². The van der Waals surface area contributed by atoms with Crippen molar-refractivity contribution in [3.8, 4) is 0 Å². The normalized spacial score (nSPS) is 14.7. The highest BCUT2D eigenvalue weighted by Crippen LogP contribution is 2.23. The molecule has 139 heavy (non-hydrogen) atoms. The Kier molecular flexibility index (Phi) is 71.2. The Balaban J connectivity index is 6.62. The van der Waals surface area contributed by atoms with Gasteiger partial charge >= 0.3 is 23.9 Å². The molecule has 798 valence electrons. The molecular formula is C96H175N19O23S. The van der Waals surface area contributed by atoms with Crippen LogP contribution in [0.3, 0.4) is 0 Å². The average molecular weight is 2000 g/mol. The second kappa shape index (κ2) is 76.7. The van der Waals surface area contributed by atoms with Crippen LogP contribution in [0, 0.1) is 23.7 Å². The van der Waals surface area contributed by atoms with E-state index in [0.717, 1.165) is 63.6 Å². The van der Waals surface area contributed by atoms with Crippen LogP contribution in [0.25, 0.3) is 0 Å². The van der Waals surface area contributed by atoms with E-state index >= 15 is 0 Å². The number of aliphatic carboxylic acids is 2. The van der Waals surface area contributed by atoms with E-state index in [0.29, 0.717) is 32.1 Å². The number of carboxylic acids is 2. The van der Waals surface area contributed by atoms with Gasteiger partial charge in [-0.15, -0.1) is 11.8 Å². The third-order valence-corrected chi connectivity index (χ3v) is 24.9. The van der Waals surface area contributed by atoms with E-state index in [1.807, 2.05) is 0 Å². The first kappa shape index (κ1) is 129. The molecule has 0 heterocycles. The summed E-state index contributed by atoms with van der Waals surface area (Å²) in [6, 6.07) is -19.1. The molecule has 16 atom stereocenters. The number of amides is 14. The van der Waals surface area contributed by atoms with Gasteiger partial charge in [-0.3, -0.25) is 86.5 Å². The highest BCUT2D eigenvalue weighted by molar-refractivity contribution is 7.99. The lowest BCUT2D eigenvalue weighted by molar-refractivity contribution is -0.148. The van der Waals surface area contributed by atoms with E-state index in [9.17, 15) is 102 Å². The SMILES string of the molecule is CCCCCCCCCCCCCCCC(=O)OCCC(OC(=O)CCCCCCCCCCCCCCC)SC[C@H](N)C(=O)N[C@H](C(=O)NCC(=O)N[C@H](C(=O)N[C@@H](CCC(N)=O)C(=O)N[C@@H](C)C(=O)N[C@@H](CC(=O)O)C(=O)N[C@@H](CC(C)C)C(=O)N[C@@H](CCCN=C(N)N)C(=O)N[C@@H](CC(N)=O)C(=O)N[C@@H](CC(C)C)C(=O)N[C@H](C(=O)N[C@@H](CCCCN)C(=O)O)[C@@H](C)CC)[C@@H](C)CC)[C@@H](C)O. The fraction of sp³-hybridized carbons (Fsp3) is 0.802. The number of rotatable bonds is 84. The summed E-state index contributed by atoms with van der Waals surface area (Å²) in [5.74, 6) is -21.0. The monoisotopic (exact) mass is 1990 g/mol. The number of unbranched alkanes of at least 4 members (excludes halogenated alkanes) is 25. The predicted molar refractivity (Wildman–Crippen MR) is 531 cm³/mol. The standard InChI is InChI=1S/C96H175N19O23S/c1-13-17-19-21-23-25-27-29-31-33-35-37-39-46-78(122)137-53-50-80(138-79(123)47-40-38-36-34-32-30-28-26-24-22-20-18-14-2)139-59-66(98)85(125)115-83(65(12)116)92(132)104-58-76(119)113-81(62(9)15-3)93(133)107-68(48-49-74(99)117)86(126)105-64(11)84(124)109-73(57-77(120)121)90(130)110-70(54-60(5)6)88(128)106-67(45-43-52-103-96(101)102)87(127)112-72(56-75(100)118)89(129)111-71(55-61(7)8)91(131)114-82(63(10)16-4)94(134)108-69(95(135)136)44-41-42-51-97/h60-73,80-83,116H,13-59,97-98H2,1-12H3,(H2,99,117)(H2,100,118)(H,104,132)(H,105,126)(H,106,128)(H,107,133)(H,108,134)(H,109,124)(H,110,130)(H,111,129)(H,112,127)(H,113,119)(H,114,131)(H,115,125)(H,120,121)(H,135,136)(H4,101,102,103)/t62-,63-,64-,65+,66-,67-,68-,69-,70-,71-,72-,73-,80?,81-,82-,83-/m0/s1. The molecule has 0 aromatic rings. The maximum atomic E-state index is 14.5. The molecule has 0 rings (SSSR count). The lowest BCUT2D eigenvalue weighted by atomic mass is 9.96. The number of hydrogen-bond acceptors (Lipinski definition) is 25. The van der Waals surface area contributed by atoms with E-state index < -0.39 is 235 Å². The van der Waals surface area contributed by atoms with Gasteiger partial charge in [-0.2, -0.15) is 0 Å². The Morgan fingerprint density at radius 3 is 1.22 bits per heavy atom. The van der Waals surface area contributed by atoms with Crippen molar-refractivity contribution in [3.05, 3.63) is 0 Å². The fourth-order valence-electron chi connectivity index (χ4n) is 15.0. The van der Waals surface area contributed by atoms with Crippen molar-refractivity contribution in [2.24, 2.45) is 63.1 Å².